The van der Waals surface area contributed by atoms with E-state index in [1.165, 1.54) is 6.42 Å². The molecule has 1 aliphatic rings. The van der Waals surface area contributed by atoms with Crippen LogP contribution in [-0.2, 0) is 0 Å². The SMILES string of the molecule is CCCCN(C)c1ccnc(C(=O)N2CCN(C)CC2)c1. The minimum absolute atomic E-state index is 0.0499. The topological polar surface area (TPSA) is 39.7 Å². The van der Waals surface area contributed by atoms with Gasteiger partial charge < -0.3 is 14.7 Å². The van der Waals surface area contributed by atoms with Gasteiger partial charge in [0.2, 0.25) is 0 Å². The van der Waals surface area contributed by atoms with E-state index in [4.69, 9.17) is 0 Å². The second-order valence-corrected chi connectivity index (χ2v) is 5.77. The lowest BCUT2D eigenvalue weighted by atomic mass is 10.2. The highest BCUT2D eigenvalue weighted by Crippen LogP contribution is 2.15. The molecule has 1 aromatic rings. The van der Waals surface area contributed by atoms with Crippen LogP contribution in [-0.4, -0.2) is 67.5 Å². The van der Waals surface area contributed by atoms with E-state index in [0.717, 1.165) is 44.8 Å². The Kier molecular flexibility index (Phi) is 5.56. The predicted molar refractivity (Wildman–Crippen MR) is 85.8 cm³/mol. The van der Waals surface area contributed by atoms with Crippen molar-refractivity contribution in [2.24, 2.45) is 0 Å². The summed E-state index contributed by atoms with van der Waals surface area (Å²) in [7, 11) is 4.15. The van der Waals surface area contributed by atoms with Gasteiger partial charge in [-0.2, -0.15) is 0 Å². The average molecular weight is 290 g/mol. The maximum atomic E-state index is 12.5. The molecule has 0 spiro atoms. The molecule has 21 heavy (non-hydrogen) atoms. The summed E-state index contributed by atoms with van der Waals surface area (Å²) in [5.74, 6) is 0.0499. The van der Waals surface area contributed by atoms with E-state index in [2.05, 4.69) is 35.8 Å². The van der Waals surface area contributed by atoms with Crippen LogP contribution < -0.4 is 4.90 Å². The summed E-state index contributed by atoms with van der Waals surface area (Å²) in [6, 6.07) is 3.88. The first-order valence-electron chi connectivity index (χ1n) is 7.77. The summed E-state index contributed by atoms with van der Waals surface area (Å²) < 4.78 is 0. The van der Waals surface area contributed by atoms with Crippen molar-refractivity contribution in [3.8, 4) is 0 Å². The Hall–Kier alpha value is -1.62. The molecule has 0 aliphatic carbocycles. The number of likely N-dealkylation sites (N-methyl/N-ethyl adjacent to an activating group) is 1. The highest BCUT2D eigenvalue weighted by molar-refractivity contribution is 5.93. The van der Waals surface area contributed by atoms with Gasteiger partial charge in [0.05, 0.1) is 0 Å². The quantitative estimate of drug-likeness (QED) is 0.827. The number of aromatic nitrogens is 1. The second-order valence-electron chi connectivity index (χ2n) is 5.77. The molecule has 0 atom stereocenters. The molecule has 1 amide bonds. The van der Waals surface area contributed by atoms with Crippen LogP contribution in [0.4, 0.5) is 5.69 Å². The van der Waals surface area contributed by atoms with Crippen molar-refractivity contribution in [1.82, 2.24) is 14.8 Å². The number of piperazine rings is 1. The number of hydrogen-bond acceptors (Lipinski definition) is 4. The maximum absolute atomic E-state index is 12.5. The van der Waals surface area contributed by atoms with E-state index in [-0.39, 0.29) is 5.91 Å². The van der Waals surface area contributed by atoms with Crippen LogP contribution in [0.15, 0.2) is 18.3 Å². The van der Waals surface area contributed by atoms with Crippen LogP contribution in [0, 0.1) is 0 Å². The number of pyridine rings is 1. The van der Waals surface area contributed by atoms with E-state index >= 15 is 0 Å². The van der Waals surface area contributed by atoms with Gasteiger partial charge in [0.15, 0.2) is 0 Å². The molecule has 2 heterocycles. The van der Waals surface area contributed by atoms with Crippen LogP contribution >= 0.6 is 0 Å². The predicted octanol–water partition coefficient (Wildman–Crippen LogP) is 1.71. The van der Waals surface area contributed by atoms with E-state index in [1.807, 2.05) is 17.0 Å². The number of hydrogen-bond donors (Lipinski definition) is 0. The van der Waals surface area contributed by atoms with Crippen LogP contribution in [0.1, 0.15) is 30.3 Å². The lowest BCUT2D eigenvalue weighted by Gasteiger charge is -2.32. The fourth-order valence-electron chi connectivity index (χ4n) is 2.47. The fourth-order valence-corrected chi connectivity index (χ4v) is 2.47. The molecule has 2 rings (SSSR count). The van der Waals surface area contributed by atoms with Crippen molar-refractivity contribution in [3.05, 3.63) is 24.0 Å². The number of rotatable bonds is 5. The lowest BCUT2D eigenvalue weighted by Crippen LogP contribution is -2.47. The van der Waals surface area contributed by atoms with Gasteiger partial charge in [0.25, 0.3) is 5.91 Å². The van der Waals surface area contributed by atoms with Gasteiger partial charge in [-0.1, -0.05) is 13.3 Å². The minimum Gasteiger partial charge on any atom is -0.374 e. The third kappa shape index (κ3) is 4.17. The molecule has 0 N–H and O–H groups in total. The smallest absolute Gasteiger partial charge is 0.272 e. The summed E-state index contributed by atoms with van der Waals surface area (Å²) in [4.78, 5) is 23.1. The molecule has 1 aromatic heterocycles. The zero-order valence-corrected chi connectivity index (χ0v) is 13.4. The molecule has 1 aliphatic heterocycles. The van der Waals surface area contributed by atoms with Gasteiger partial charge in [0, 0.05) is 51.7 Å². The molecule has 5 nitrogen and oxygen atoms in total. The molecule has 0 unspecified atom stereocenters. The van der Waals surface area contributed by atoms with Gasteiger partial charge in [-0.3, -0.25) is 9.78 Å². The molecule has 116 valence electrons. The van der Waals surface area contributed by atoms with Gasteiger partial charge in [-0.25, -0.2) is 0 Å². The first-order valence-corrected chi connectivity index (χ1v) is 7.77. The summed E-state index contributed by atoms with van der Waals surface area (Å²) in [6.07, 6.45) is 4.06. The summed E-state index contributed by atoms with van der Waals surface area (Å²) in [5.41, 5.74) is 1.62. The van der Waals surface area contributed by atoms with E-state index < -0.39 is 0 Å². The van der Waals surface area contributed by atoms with Gasteiger partial charge in [0.1, 0.15) is 5.69 Å². The van der Waals surface area contributed by atoms with Crippen molar-refractivity contribution in [2.75, 3.05) is 51.7 Å². The maximum Gasteiger partial charge on any atom is 0.272 e. The molecule has 0 radical (unpaired) electrons. The van der Waals surface area contributed by atoms with Crippen LogP contribution in [0.25, 0.3) is 0 Å². The van der Waals surface area contributed by atoms with Crippen molar-refractivity contribution in [1.29, 1.82) is 0 Å². The number of carbonyl (C=O) groups is 1. The van der Waals surface area contributed by atoms with Crippen LogP contribution in [0.5, 0.6) is 0 Å². The van der Waals surface area contributed by atoms with Crippen LogP contribution in [0.3, 0.4) is 0 Å². The molecule has 5 heteroatoms. The van der Waals surface area contributed by atoms with Crippen molar-refractivity contribution in [3.63, 3.8) is 0 Å². The third-order valence-corrected chi connectivity index (χ3v) is 4.04. The molecule has 1 fully saturated rings. The number of nitrogens with zero attached hydrogens (tertiary/aromatic N) is 4. The molecule has 0 aromatic carbocycles. The number of anilines is 1. The average Bonchev–Trinajstić information content (AvgIpc) is 2.52. The molecule has 1 saturated heterocycles. The molecule has 0 saturated carbocycles. The number of carbonyl (C=O) groups excluding carboxylic acids is 1. The van der Waals surface area contributed by atoms with E-state index in [9.17, 15) is 4.79 Å². The van der Waals surface area contributed by atoms with Gasteiger partial charge >= 0.3 is 0 Å². The Morgan fingerprint density at radius 1 is 1.33 bits per heavy atom. The Morgan fingerprint density at radius 3 is 2.71 bits per heavy atom. The number of unbranched alkanes of at least 4 members (excludes halogenated alkanes) is 1. The van der Waals surface area contributed by atoms with Gasteiger partial charge in [-0.05, 0) is 25.6 Å². The van der Waals surface area contributed by atoms with Crippen molar-refractivity contribution >= 4 is 11.6 Å². The van der Waals surface area contributed by atoms with Gasteiger partial charge in [-0.15, -0.1) is 0 Å². The molecular weight excluding hydrogens is 264 g/mol. The zero-order chi connectivity index (χ0) is 15.2. The Balaban J connectivity index is 2.04. The summed E-state index contributed by atoms with van der Waals surface area (Å²) in [6.45, 7) is 6.62. The highest BCUT2D eigenvalue weighted by atomic mass is 16.2. The Labute approximate surface area is 127 Å². The Bertz CT molecular complexity index is 469. The van der Waals surface area contributed by atoms with E-state index in [0.29, 0.717) is 5.69 Å². The summed E-state index contributed by atoms with van der Waals surface area (Å²) in [5, 5.41) is 0. The highest BCUT2D eigenvalue weighted by Gasteiger charge is 2.21. The van der Waals surface area contributed by atoms with Crippen LogP contribution in [0.2, 0.25) is 0 Å². The Morgan fingerprint density at radius 2 is 2.05 bits per heavy atom. The monoisotopic (exact) mass is 290 g/mol. The first-order chi connectivity index (χ1) is 10.1. The minimum atomic E-state index is 0.0499. The second kappa shape index (κ2) is 7.41. The third-order valence-electron chi connectivity index (χ3n) is 4.04. The standard InChI is InChI=1S/C16H26N4O/c1-4-5-8-19(3)14-6-7-17-15(13-14)16(21)20-11-9-18(2)10-12-20/h6-7,13H,4-5,8-12H2,1-3H3. The van der Waals surface area contributed by atoms with E-state index in [1.54, 1.807) is 6.20 Å². The largest absolute Gasteiger partial charge is 0.374 e. The molecular formula is C16H26N4O. The normalized spacial score (nSPS) is 16.0. The number of amides is 1. The van der Waals surface area contributed by atoms with Crippen molar-refractivity contribution in [2.45, 2.75) is 19.8 Å². The summed E-state index contributed by atoms with van der Waals surface area (Å²) >= 11 is 0. The molecule has 0 bridgehead atoms. The fraction of sp³-hybridized carbons (Fsp3) is 0.625. The lowest BCUT2D eigenvalue weighted by molar-refractivity contribution is 0.0658. The first kappa shape index (κ1) is 15.8. The zero-order valence-electron chi connectivity index (χ0n) is 13.4. The van der Waals surface area contributed by atoms with Crippen molar-refractivity contribution < 1.29 is 4.79 Å².